The van der Waals surface area contributed by atoms with Gasteiger partial charge in [-0.25, -0.2) is 0 Å². The van der Waals surface area contributed by atoms with Gasteiger partial charge in [0.05, 0.1) is 6.10 Å². The molecule has 1 heteroatoms. The Morgan fingerprint density at radius 2 is 2.19 bits per heavy atom. The Balaban J connectivity index is 1.74. The first-order valence-corrected chi connectivity index (χ1v) is 8.89. The molecule has 0 heterocycles. The monoisotopic (exact) mass is 284 g/mol. The van der Waals surface area contributed by atoms with E-state index in [-0.39, 0.29) is 11.5 Å². The van der Waals surface area contributed by atoms with Gasteiger partial charge in [0, 0.05) is 5.41 Å². The van der Waals surface area contributed by atoms with E-state index in [4.69, 9.17) is 0 Å². The predicted octanol–water partition coefficient (Wildman–Crippen LogP) is 4.64. The van der Waals surface area contributed by atoms with Gasteiger partial charge in [0.15, 0.2) is 0 Å². The highest BCUT2D eigenvalue weighted by Gasteiger charge is 2.57. The minimum Gasteiger partial charge on any atom is -0.393 e. The van der Waals surface area contributed by atoms with Crippen LogP contribution in [0.25, 0.3) is 0 Å². The fourth-order valence-corrected chi connectivity index (χ4v) is 6.32. The number of rotatable bonds is 1. The number of hydrogen-bond acceptors (Lipinski definition) is 1. The molecule has 0 radical (unpaired) electrons. The molecule has 4 aliphatic rings. The molecule has 0 bridgehead atoms. The number of aliphatic hydroxyl groups is 1. The normalized spacial score (nSPS) is 48.4. The van der Waals surface area contributed by atoms with Gasteiger partial charge in [-0.2, -0.15) is 0 Å². The Morgan fingerprint density at radius 3 is 3.00 bits per heavy atom. The zero-order valence-electron chi connectivity index (χ0n) is 13.2. The van der Waals surface area contributed by atoms with Crippen molar-refractivity contribution in [2.24, 2.45) is 29.1 Å². The van der Waals surface area contributed by atoms with Crippen LogP contribution in [0, 0.1) is 29.1 Å². The first-order valence-electron chi connectivity index (χ1n) is 8.89. The van der Waals surface area contributed by atoms with Crippen LogP contribution in [-0.2, 0) is 0 Å². The third kappa shape index (κ3) is 1.79. The summed E-state index contributed by atoms with van der Waals surface area (Å²) in [4.78, 5) is 0. The predicted molar refractivity (Wildman–Crippen MR) is 86.8 cm³/mol. The first-order chi connectivity index (χ1) is 10.2. The van der Waals surface area contributed by atoms with Gasteiger partial charge in [-0.1, -0.05) is 37.3 Å². The van der Waals surface area contributed by atoms with Crippen molar-refractivity contribution in [2.75, 3.05) is 0 Å². The van der Waals surface area contributed by atoms with E-state index in [9.17, 15) is 5.11 Å². The second-order valence-electron chi connectivity index (χ2n) is 7.84. The Hall–Kier alpha value is -0.820. The summed E-state index contributed by atoms with van der Waals surface area (Å²) >= 11 is 0. The molecule has 21 heavy (non-hydrogen) atoms. The van der Waals surface area contributed by atoms with Crippen LogP contribution < -0.4 is 0 Å². The van der Waals surface area contributed by atoms with Crippen molar-refractivity contribution in [1.29, 1.82) is 0 Å². The number of fused-ring (bicyclic) bond motifs is 5. The van der Waals surface area contributed by atoms with E-state index in [0.717, 1.165) is 31.1 Å². The highest BCUT2D eigenvalue weighted by Crippen LogP contribution is 2.63. The lowest BCUT2D eigenvalue weighted by atomic mass is 9.51. The summed E-state index contributed by atoms with van der Waals surface area (Å²) in [5, 5.41) is 10.6. The highest BCUT2D eigenvalue weighted by molar-refractivity contribution is 5.34. The van der Waals surface area contributed by atoms with Crippen molar-refractivity contribution in [1.82, 2.24) is 0 Å². The average molecular weight is 284 g/mol. The fourth-order valence-electron chi connectivity index (χ4n) is 6.32. The molecule has 114 valence electrons. The summed E-state index contributed by atoms with van der Waals surface area (Å²) in [5.74, 6) is 2.86. The molecule has 4 rings (SSSR count). The Bertz CT molecular complexity index is 514. The average Bonchev–Trinajstić information content (AvgIpc) is 2.84. The molecule has 2 fully saturated rings. The van der Waals surface area contributed by atoms with E-state index in [1.807, 2.05) is 0 Å². The summed E-state index contributed by atoms with van der Waals surface area (Å²) in [5.41, 5.74) is 3.17. The van der Waals surface area contributed by atoms with Gasteiger partial charge in [0.25, 0.3) is 0 Å². The van der Waals surface area contributed by atoms with Gasteiger partial charge < -0.3 is 5.11 Å². The largest absolute Gasteiger partial charge is 0.393 e. The van der Waals surface area contributed by atoms with Crippen LogP contribution in [-0.4, -0.2) is 11.2 Å². The van der Waals surface area contributed by atoms with Gasteiger partial charge in [0.1, 0.15) is 0 Å². The fraction of sp³-hybridized carbons (Fsp3) is 0.700. The van der Waals surface area contributed by atoms with Crippen molar-refractivity contribution in [3.63, 3.8) is 0 Å². The molecule has 0 aromatic heterocycles. The standard InChI is InChI=1S/C20H28O/c1-3-20-12-13(2)19-15-7-5-4-6-14(15)8-9-16(19)17(20)10-11-18(20)21/h4,6,8,15-19,21H,2-3,5,7,9-12H2,1H3/t15-,16-,17-,18-,19+,20-/m0/s1. The van der Waals surface area contributed by atoms with Crippen LogP contribution in [0.5, 0.6) is 0 Å². The molecule has 0 unspecified atom stereocenters. The quantitative estimate of drug-likeness (QED) is 0.695. The van der Waals surface area contributed by atoms with E-state index in [1.54, 1.807) is 5.57 Å². The zero-order chi connectivity index (χ0) is 14.6. The van der Waals surface area contributed by atoms with Crippen LogP contribution in [0.15, 0.2) is 36.0 Å². The Morgan fingerprint density at radius 1 is 1.33 bits per heavy atom. The van der Waals surface area contributed by atoms with Gasteiger partial charge >= 0.3 is 0 Å². The number of hydrogen-bond donors (Lipinski definition) is 1. The summed E-state index contributed by atoms with van der Waals surface area (Å²) < 4.78 is 0. The van der Waals surface area contributed by atoms with Crippen LogP contribution in [0.1, 0.15) is 51.9 Å². The Labute approximate surface area is 128 Å². The van der Waals surface area contributed by atoms with Gasteiger partial charge in [-0.15, -0.1) is 0 Å². The lowest BCUT2D eigenvalue weighted by Crippen LogP contribution is -2.48. The second kappa shape index (κ2) is 4.84. The van der Waals surface area contributed by atoms with E-state index in [1.165, 1.54) is 31.3 Å². The molecule has 4 aliphatic carbocycles. The molecule has 1 nitrogen and oxygen atoms in total. The van der Waals surface area contributed by atoms with E-state index < -0.39 is 0 Å². The van der Waals surface area contributed by atoms with E-state index >= 15 is 0 Å². The molecule has 0 aromatic rings. The lowest BCUT2D eigenvalue weighted by molar-refractivity contribution is -0.0347. The molecule has 0 aromatic carbocycles. The molecule has 1 N–H and O–H groups in total. The van der Waals surface area contributed by atoms with Crippen LogP contribution in [0.4, 0.5) is 0 Å². The molecule has 0 amide bonds. The number of allylic oxidation sites excluding steroid dienone is 5. The van der Waals surface area contributed by atoms with Crippen molar-refractivity contribution in [2.45, 2.75) is 58.0 Å². The first kappa shape index (κ1) is 13.8. The molecule has 6 atom stereocenters. The summed E-state index contributed by atoms with van der Waals surface area (Å²) in [6.45, 7) is 6.80. The second-order valence-corrected chi connectivity index (χ2v) is 7.84. The summed E-state index contributed by atoms with van der Waals surface area (Å²) in [6.07, 6.45) is 15.3. The minimum absolute atomic E-state index is 0.0955. The molecular weight excluding hydrogens is 256 g/mol. The lowest BCUT2D eigenvalue weighted by Gasteiger charge is -2.54. The smallest absolute Gasteiger partial charge is 0.0602 e. The van der Waals surface area contributed by atoms with Gasteiger partial charge in [-0.3, -0.25) is 0 Å². The van der Waals surface area contributed by atoms with E-state index in [2.05, 4.69) is 31.7 Å². The van der Waals surface area contributed by atoms with Crippen LogP contribution >= 0.6 is 0 Å². The topological polar surface area (TPSA) is 20.2 Å². The molecule has 0 aliphatic heterocycles. The third-order valence-electron chi connectivity index (χ3n) is 7.26. The summed E-state index contributed by atoms with van der Waals surface area (Å²) in [6, 6.07) is 0. The maximum atomic E-state index is 10.6. The SMILES string of the molecule is C=C1C[C@]2(CC)[C@@H](O)CC[C@H]2[C@@H]2CC=C3C=CCC[C@@H]3[C@@H]12. The van der Waals surface area contributed by atoms with Crippen molar-refractivity contribution < 1.29 is 5.11 Å². The number of aliphatic hydroxyl groups excluding tert-OH is 1. The van der Waals surface area contributed by atoms with E-state index in [0.29, 0.717) is 11.8 Å². The van der Waals surface area contributed by atoms with Crippen molar-refractivity contribution in [3.8, 4) is 0 Å². The third-order valence-corrected chi connectivity index (χ3v) is 7.26. The Kier molecular flexibility index (Phi) is 3.19. The molecule has 0 saturated heterocycles. The van der Waals surface area contributed by atoms with Crippen molar-refractivity contribution in [3.05, 3.63) is 36.0 Å². The highest BCUT2D eigenvalue weighted by atomic mass is 16.3. The molecule has 2 saturated carbocycles. The molecular formula is C20H28O. The summed E-state index contributed by atoms with van der Waals surface area (Å²) in [7, 11) is 0. The maximum absolute atomic E-state index is 10.6. The maximum Gasteiger partial charge on any atom is 0.0602 e. The molecule has 0 spiro atoms. The van der Waals surface area contributed by atoms with Crippen LogP contribution in [0.2, 0.25) is 0 Å². The minimum atomic E-state index is -0.0955. The zero-order valence-corrected chi connectivity index (χ0v) is 13.2. The van der Waals surface area contributed by atoms with Crippen LogP contribution in [0.3, 0.4) is 0 Å². The van der Waals surface area contributed by atoms with Crippen molar-refractivity contribution >= 4 is 0 Å². The van der Waals surface area contributed by atoms with Gasteiger partial charge in [-0.05, 0) is 74.2 Å². The van der Waals surface area contributed by atoms with Gasteiger partial charge in [0.2, 0.25) is 0 Å².